The van der Waals surface area contributed by atoms with Crippen molar-refractivity contribution in [3.05, 3.63) is 29.8 Å². The minimum Gasteiger partial charge on any atom is -0.344 e. The van der Waals surface area contributed by atoms with Crippen LogP contribution in [-0.4, -0.2) is 24.4 Å². The van der Waals surface area contributed by atoms with Gasteiger partial charge in [0.25, 0.3) is 0 Å². The van der Waals surface area contributed by atoms with Crippen molar-refractivity contribution in [1.29, 1.82) is 0 Å². The number of halogens is 2. The lowest BCUT2D eigenvalue weighted by Gasteiger charge is -2.18. The molecule has 4 nitrogen and oxygen atoms in total. The number of carbonyl (C=O) groups excluding carboxylic acids is 2. The highest BCUT2D eigenvalue weighted by atomic mass is 19.1. The SMILES string of the molecule is CC(=O)NC1CCN(c2c(F)cccc2F)C1=O. The third-order valence-corrected chi connectivity index (χ3v) is 2.79. The third-order valence-electron chi connectivity index (χ3n) is 2.79. The molecule has 0 saturated carbocycles. The topological polar surface area (TPSA) is 49.4 Å². The van der Waals surface area contributed by atoms with Gasteiger partial charge in [-0.1, -0.05) is 6.07 Å². The Morgan fingerprint density at radius 1 is 1.39 bits per heavy atom. The number of para-hydroxylation sites is 1. The summed E-state index contributed by atoms with van der Waals surface area (Å²) in [6, 6.07) is 2.72. The van der Waals surface area contributed by atoms with Gasteiger partial charge in [-0.3, -0.25) is 9.59 Å². The van der Waals surface area contributed by atoms with Gasteiger partial charge in [0.1, 0.15) is 23.4 Å². The molecule has 0 aliphatic carbocycles. The van der Waals surface area contributed by atoms with E-state index >= 15 is 0 Å². The highest BCUT2D eigenvalue weighted by Crippen LogP contribution is 2.27. The van der Waals surface area contributed by atoms with E-state index in [1.54, 1.807) is 0 Å². The maximum atomic E-state index is 13.5. The number of carbonyl (C=O) groups is 2. The summed E-state index contributed by atoms with van der Waals surface area (Å²) in [5.41, 5.74) is -0.352. The van der Waals surface area contributed by atoms with Gasteiger partial charge in [0.05, 0.1) is 0 Å². The molecule has 1 aliphatic heterocycles. The highest BCUT2D eigenvalue weighted by molar-refractivity contribution is 6.01. The van der Waals surface area contributed by atoms with E-state index in [-0.39, 0.29) is 18.1 Å². The minimum absolute atomic E-state index is 0.182. The molecule has 6 heteroatoms. The van der Waals surface area contributed by atoms with Crippen molar-refractivity contribution in [2.75, 3.05) is 11.4 Å². The van der Waals surface area contributed by atoms with Gasteiger partial charge in [0.2, 0.25) is 11.8 Å². The summed E-state index contributed by atoms with van der Waals surface area (Å²) in [6.45, 7) is 1.47. The van der Waals surface area contributed by atoms with Crippen molar-refractivity contribution in [2.24, 2.45) is 0 Å². The molecule has 1 saturated heterocycles. The Morgan fingerprint density at radius 2 is 2.00 bits per heavy atom. The summed E-state index contributed by atoms with van der Waals surface area (Å²) in [4.78, 5) is 23.8. The molecule has 0 aromatic heterocycles. The lowest BCUT2D eigenvalue weighted by Crippen LogP contribution is -2.40. The molecular weight excluding hydrogens is 242 g/mol. The molecule has 2 amide bonds. The Balaban J connectivity index is 2.26. The molecule has 1 heterocycles. The van der Waals surface area contributed by atoms with E-state index < -0.39 is 23.6 Å². The summed E-state index contributed by atoms with van der Waals surface area (Å²) >= 11 is 0. The second-order valence-corrected chi connectivity index (χ2v) is 4.10. The van der Waals surface area contributed by atoms with Crippen LogP contribution in [0.3, 0.4) is 0 Å². The number of nitrogens with zero attached hydrogens (tertiary/aromatic N) is 1. The number of benzene rings is 1. The van der Waals surface area contributed by atoms with Gasteiger partial charge in [0, 0.05) is 13.5 Å². The molecule has 1 aliphatic rings. The Kier molecular flexibility index (Phi) is 3.27. The standard InChI is InChI=1S/C12H12F2N2O2/c1-7(17)15-10-5-6-16(12(10)18)11-8(13)3-2-4-9(11)14/h2-4,10H,5-6H2,1H3,(H,15,17). The lowest BCUT2D eigenvalue weighted by molar-refractivity contribution is -0.125. The number of hydrogen-bond acceptors (Lipinski definition) is 2. The van der Waals surface area contributed by atoms with E-state index in [2.05, 4.69) is 5.32 Å². The van der Waals surface area contributed by atoms with Gasteiger partial charge in [-0.15, -0.1) is 0 Å². The molecule has 1 aromatic rings. The van der Waals surface area contributed by atoms with Crippen LogP contribution in [0.1, 0.15) is 13.3 Å². The quantitative estimate of drug-likeness (QED) is 0.862. The van der Waals surface area contributed by atoms with Crippen molar-refractivity contribution < 1.29 is 18.4 Å². The van der Waals surface area contributed by atoms with Crippen LogP contribution in [-0.2, 0) is 9.59 Å². The van der Waals surface area contributed by atoms with E-state index in [9.17, 15) is 18.4 Å². The maximum absolute atomic E-state index is 13.5. The third kappa shape index (κ3) is 2.18. The van der Waals surface area contributed by atoms with Gasteiger partial charge in [-0.05, 0) is 18.6 Å². The number of nitrogens with one attached hydrogen (secondary N) is 1. The Hall–Kier alpha value is -1.98. The Labute approximate surface area is 103 Å². The largest absolute Gasteiger partial charge is 0.344 e. The van der Waals surface area contributed by atoms with Gasteiger partial charge >= 0.3 is 0 Å². The fraction of sp³-hybridized carbons (Fsp3) is 0.333. The van der Waals surface area contributed by atoms with Crippen molar-refractivity contribution in [1.82, 2.24) is 5.32 Å². The number of hydrogen-bond donors (Lipinski definition) is 1. The monoisotopic (exact) mass is 254 g/mol. The second-order valence-electron chi connectivity index (χ2n) is 4.10. The molecule has 18 heavy (non-hydrogen) atoms. The zero-order valence-corrected chi connectivity index (χ0v) is 9.74. The van der Waals surface area contributed by atoms with Crippen LogP contribution in [0.4, 0.5) is 14.5 Å². The molecule has 0 radical (unpaired) electrons. The van der Waals surface area contributed by atoms with Crippen molar-refractivity contribution >= 4 is 17.5 Å². The number of amides is 2. The first-order chi connectivity index (χ1) is 8.50. The molecule has 1 atom stereocenters. The van der Waals surface area contributed by atoms with Crippen LogP contribution in [0, 0.1) is 11.6 Å². The van der Waals surface area contributed by atoms with Crippen molar-refractivity contribution in [3.8, 4) is 0 Å². The normalized spacial score (nSPS) is 19.2. The Morgan fingerprint density at radius 3 is 2.56 bits per heavy atom. The molecule has 1 unspecified atom stereocenters. The van der Waals surface area contributed by atoms with Crippen LogP contribution in [0.15, 0.2) is 18.2 Å². The molecule has 1 aromatic carbocycles. The average Bonchev–Trinajstić information content (AvgIpc) is 2.61. The van der Waals surface area contributed by atoms with E-state index in [0.717, 1.165) is 17.0 Å². The summed E-state index contributed by atoms with van der Waals surface area (Å²) in [5.74, 6) is -2.41. The first kappa shape index (κ1) is 12.5. The average molecular weight is 254 g/mol. The minimum atomic E-state index is -0.785. The smallest absolute Gasteiger partial charge is 0.249 e. The number of anilines is 1. The first-order valence-electron chi connectivity index (χ1n) is 5.53. The van der Waals surface area contributed by atoms with Gasteiger partial charge in [-0.25, -0.2) is 8.78 Å². The van der Waals surface area contributed by atoms with Gasteiger partial charge in [-0.2, -0.15) is 0 Å². The summed E-state index contributed by atoms with van der Waals surface area (Å²) < 4.78 is 27.1. The number of rotatable bonds is 2. The second kappa shape index (κ2) is 4.72. The summed E-state index contributed by atoms with van der Waals surface area (Å²) in [5, 5.41) is 2.46. The fourth-order valence-corrected chi connectivity index (χ4v) is 2.03. The maximum Gasteiger partial charge on any atom is 0.249 e. The van der Waals surface area contributed by atoms with Crippen LogP contribution < -0.4 is 10.2 Å². The van der Waals surface area contributed by atoms with Gasteiger partial charge < -0.3 is 10.2 Å². The van der Waals surface area contributed by atoms with E-state index in [1.807, 2.05) is 0 Å². The van der Waals surface area contributed by atoms with E-state index in [4.69, 9.17) is 0 Å². The molecule has 1 N–H and O–H groups in total. The predicted molar refractivity (Wildman–Crippen MR) is 60.9 cm³/mol. The molecule has 96 valence electrons. The summed E-state index contributed by atoms with van der Waals surface area (Å²) in [6.07, 6.45) is 0.339. The van der Waals surface area contributed by atoms with Crippen LogP contribution >= 0.6 is 0 Å². The fourth-order valence-electron chi connectivity index (χ4n) is 2.03. The van der Waals surface area contributed by atoms with Crippen molar-refractivity contribution in [2.45, 2.75) is 19.4 Å². The molecule has 2 rings (SSSR count). The molecule has 0 spiro atoms. The zero-order valence-electron chi connectivity index (χ0n) is 9.74. The molecule has 1 fully saturated rings. The lowest BCUT2D eigenvalue weighted by atomic mass is 10.2. The van der Waals surface area contributed by atoms with Crippen molar-refractivity contribution in [3.63, 3.8) is 0 Å². The summed E-state index contributed by atoms with van der Waals surface area (Å²) in [7, 11) is 0. The van der Waals surface area contributed by atoms with E-state index in [1.165, 1.54) is 13.0 Å². The molecule has 0 bridgehead atoms. The Bertz CT molecular complexity index is 485. The van der Waals surface area contributed by atoms with Crippen LogP contribution in [0.5, 0.6) is 0 Å². The molecular formula is C12H12F2N2O2. The first-order valence-corrected chi connectivity index (χ1v) is 5.53. The predicted octanol–water partition coefficient (Wildman–Crippen LogP) is 1.21. The zero-order chi connectivity index (χ0) is 13.3. The van der Waals surface area contributed by atoms with Crippen LogP contribution in [0.2, 0.25) is 0 Å². The van der Waals surface area contributed by atoms with E-state index in [0.29, 0.717) is 6.42 Å². The van der Waals surface area contributed by atoms with Gasteiger partial charge in [0.15, 0.2) is 0 Å². The van der Waals surface area contributed by atoms with Crippen LogP contribution in [0.25, 0.3) is 0 Å². The highest BCUT2D eigenvalue weighted by Gasteiger charge is 2.35.